The topological polar surface area (TPSA) is 59.6 Å². The van der Waals surface area contributed by atoms with E-state index in [1.54, 1.807) is 7.11 Å². The predicted octanol–water partition coefficient (Wildman–Crippen LogP) is 4.03. The molecule has 0 heterocycles. The van der Waals surface area contributed by atoms with E-state index in [4.69, 9.17) is 9.47 Å². The first-order valence-corrected chi connectivity index (χ1v) is 8.92. The maximum Gasteiger partial charge on any atom is 0.315 e. The number of rotatable bonds is 7. The molecule has 2 N–H and O–H groups in total. The van der Waals surface area contributed by atoms with Gasteiger partial charge in [0.15, 0.2) is 11.5 Å². The average molecular weight is 334 g/mol. The molecule has 0 bridgehead atoms. The van der Waals surface area contributed by atoms with E-state index in [1.165, 1.54) is 12.8 Å². The SMILES string of the molecule is CCCOc1ccc(C(C)NC(=O)NC2CCCC2C)cc1OC. The Kier molecular flexibility index (Phi) is 6.76. The molecule has 1 fully saturated rings. The lowest BCUT2D eigenvalue weighted by atomic mass is 10.1. The fraction of sp³-hybridized carbons (Fsp3) is 0.632. The quantitative estimate of drug-likeness (QED) is 0.791. The van der Waals surface area contributed by atoms with E-state index < -0.39 is 0 Å². The largest absolute Gasteiger partial charge is 0.493 e. The van der Waals surface area contributed by atoms with Gasteiger partial charge < -0.3 is 20.1 Å². The maximum absolute atomic E-state index is 12.2. The highest BCUT2D eigenvalue weighted by Crippen LogP contribution is 2.30. The number of methoxy groups -OCH3 is 1. The van der Waals surface area contributed by atoms with E-state index in [-0.39, 0.29) is 18.1 Å². The van der Waals surface area contributed by atoms with Gasteiger partial charge in [-0.15, -0.1) is 0 Å². The minimum absolute atomic E-state index is 0.101. The zero-order chi connectivity index (χ0) is 17.5. The van der Waals surface area contributed by atoms with Crippen LogP contribution in [0.15, 0.2) is 18.2 Å². The molecule has 1 aliphatic rings. The number of urea groups is 1. The molecule has 1 aliphatic carbocycles. The van der Waals surface area contributed by atoms with Crippen LogP contribution in [0.4, 0.5) is 4.79 Å². The van der Waals surface area contributed by atoms with Crippen LogP contribution in [-0.2, 0) is 0 Å². The first kappa shape index (κ1) is 18.4. The molecule has 5 heteroatoms. The van der Waals surface area contributed by atoms with Crippen molar-refractivity contribution in [2.45, 2.75) is 58.5 Å². The molecule has 1 aromatic carbocycles. The number of hydrogen-bond donors (Lipinski definition) is 2. The zero-order valence-corrected chi connectivity index (χ0v) is 15.2. The van der Waals surface area contributed by atoms with Gasteiger partial charge in [0.1, 0.15) is 0 Å². The van der Waals surface area contributed by atoms with Crippen molar-refractivity contribution in [1.29, 1.82) is 0 Å². The third kappa shape index (κ3) is 4.79. The van der Waals surface area contributed by atoms with E-state index in [0.29, 0.717) is 18.3 Å². The molecule has 0 aliphatic heterocycles. The van der Waals surface area contributed by atoms with Gasteiger partial charge in [-0.1, -0.05) is 26.3 Å². The van der Waals surface area contributed by atoms with Crippen molar-refractivity contribution in [3.05, 3.63) is 23.8 Å². The van der Waals surface area contributed by atoms with E-state index in [2.05, 4.69) is 24.5 Å². The van der Waals surface area contributed by atoms with Crippen LogP contribution in [0.3, 0.4) is 0 Å². The highest BCUT2D eigenvalue weighted by Gasteiger charge is 2.25. The number of carbonyl (C=O) groups is 1. The summed E-state index contributed by atoms with van der Waals surface area (Å²) >= 11 is 0. The molecule has 0 aromatic heterocycles. The number of benzene rings is 1. The molecular weight excluding hydrogens is 304 g/mol. The van der Waals surface area contributed by atoms with Crippen molar-refractivity contribution in [2.24, 2.45) is 5.92 Å². The van der Waals surface area contributed by atoms with Crippen LogP contribution in [0.25, 0.3) is 0 Å². The molecule has 2 rings (SSSR count). The Morgan fingerprint density at radius 1 is 1.33 bits per heavy atom. The van der Waals surface area contributed by atoms with Crippen molar-refractivity contribution in [1.82, 2.24) is 10.6 Å². The number of nitrogens with one attached hydrogen (secondary N) is 2. The van der Waals surface area contributed by atoms with E-state index in [0.717, 1.165) is 24.2 Å². The molecule has 3 unspecified atom stereocenters. The maximum atomic E-state index is 12.2. The van der Waals surface area contributed by atoms with Gasteiger partial charge in [0.25, 0.3) is 0 Å². The fourth-order valence-corrected chi connectivity index (χ4v) is 3.13. The van der Waals surface area contributed by atoms with E-state index in [1.807, 2.05) is 25.1 Å². The minimum atomic E-state index is -0.105. The molecule has 1 aromatic rings. The molecule has 1 saturated carbocycles. The van der Waals surface area contributed by atoms with Crippen molar-refractivity contribution in [3.8, 4) is 11.5 Å². The first-order chi connectivity index (χ1) is 11.5. The van der Waals surface area contributed by atoms with Gasteiger partial charge in [-0.3, -0.25) is 0 Å². The summed E-state index contributed by atoms with van der Waals surface area (Å²) in [6.07, 6.45) is 4.40. The zero-order valence-electron chi connectivity index (χ0n) is 15.2. The number of amides is 2. The molecule has 3 atom stereocenters. The Balaban J connectivity index is 1.95. The molecule has 2 amide bonds. The summed E-state index contributed by atoms with van der Waals surface area (Å²) in [5.74, 6) is 1.99. The van der Waals surface area contributed by atoms with Crippen LogP contribution in [-0.4, -0.2) is 25.8 Å². The highest BCUT2D eigenvalue weighted by molar-refractivity contribution is 5.74. The average Bonchev–Trinajstić information content (AvgIpc) is 2.97. The number of hydrogen-bond acceptors (Lipinski definition) is 3. The predicted molar refractivity (Wildman–Crippen MR) is 95.7 cm³/mol. The lowest BCUT2D eigenvalue weighted by Gasteiger charge is -2.21. The summed E-state index contributed by atoms with van der Waals surface area (Å²) in [7, 11) is 1.63. The van der Waals surface area contributed by atoms with Crippen LogP contribution in [0.2, 0.25) is 0 Å². The van der Waals surface area contributed by atoms with Gasteiger partial charge in [-0.05, 0) is 49.8 Å². The summed E-state index contributed by atoms with van der Waals surface area (Å²) in [5.41, 5.74) is 0.991. The molecule has 5 nitrogen and oxygen atoms in total. The lowest BCUT2D eigenvalue weighted by Crippen LogP contribution is -2.43. The van der Waals surface area contributed by atoms with Gasteiger partial charge >= 0.3 is 6.03 Å². The lowest BCUT2D eigenvalue weighted by molar-refractivity contribution is 0.231. The third-order valence-electron chi connectivity index (χ3n) is 4.67. The first-order valence-electron chi connectivity index (χ1n) is 8.92. The molecule has 0 saturated heterocycles. The van der Waals surface area contributed by atoms with Gasteiger partial charge in [0, 0.05) is 6.04 Å². The molecule has 0 radical (unpaired) electrons. The van der Waals surface area contributed by atoms with Crippen LogP contribution in [0.1, 0.15) is 58.1 Å². The Morgan fingerprint density at radius 2 is 2.12 bits per heavy atom. The second-order valence-electron chi connectivity index (χ2n) is 6.61. The molecule has 134 valence electrons. The monoisotopic (exact) mass is 334 g/mol. The smallest absolute Gasteiger partial charge is 0.315 e. The van der Waals surface area contributed by atoms with Crippen LogP contribution in [0.5, 0.6) is 11.5 Å². The summed E-state index contributed by atoms with van der Waals surface area (Å²) in [5, 5.41) is 6.10. The van der Waals surface area contributed by atoms with Crippen LogP contribution >= 0.6 is 0 Å². The second-order valence-corrected chi connectivity index (χ2v) is 6.61. The Morgan fingerprint density at radius 3 is 2.75 bits per heavy atom. The van der Waals surface area contributed by atoms with Crippen LogP contribution in [0, 0.1) is 5.92 Å². The Hall–Kier alpha value is -1.91. The van der Waals surface area contributed by atoms with Gasteiger partial charge in [0.05, 0.1) is 19.8 Å². The van der Waals surface area contributed by atoms with Crippen molar-refractivity contribution in [3.63, 3.8) is 0 Å². The summed E-state index contributed by atoms with van der Waals surface area (Å²) < 4.78 is 11.1. The third-order valence-corrected chi connectivity index (χ3v) is 4.67. The van der Waals surface area contributed by atoms with Crippen molar-refractivity contribution < 1.29 is 14.3 Å². The van der Waals surface area contributed by atoms with E-state index in [9.17, 15) is 4.79 Å². The number of carbonyl (C=O) groups excluding carboxylic acids is 1. The fourth-order valence-electron chi connectivity index (χ4n) is 3.13. The highest BCUT2D eigenvalue weighted by atomic mass is 16.5. The van der Waals surface area contributed by atoms with Gasteiger partial charge in [-0.25, -0.2) is 4.79 Å². The summed E-state index contributed by atoms with van der Waals surface area (Å²) in [6, 6.07) is 5.88. The summed E-state index contributed by atoms with van der Waals surface area (Å²) in [6.45, 7) is 6.89. The Bertz CT molecular complexity index is 547. The van der Waals surface area contributed by atoms with Gasteiger partial charge in [0.2, 0.25) is 0 Å². The normalized spacial score (nSPS) is 21.2. The standard InChI is InChI=1S/C19H30N2O3/c1-5-11-24-17-10-9-15(12-18(17)23-4)14(3)20-19(22)21-16-8-6-7-13(16)2/h9-10,12-14,16H,5-8,11H2,1-4H3,(H2,20,21,22). The summed E-state index contributed by atoms with van der Waals surface area (Å²) in [4.78, 5) is 12.2. The molecular formula is C19H30N2O3. The molecule has 0 spiro atoms. The molecule has 24 heavy (non-hydrogen) atoms. The second kappa shape index (κ2) is 8.81. The van der Waals surface area contributed by atoms with Crippen molar-refractivity contribution in [2.75, 3.05) is 13.7 Å². The van der Waals surface area contributed by atoms with Gasteiger partial charge in [-0.2, -0.15) is 0 Å². The van der Waals surface area contributed by atoms with Crippen LogP contribution < -0.4 is 20.1 Å². The Labute approximate surface area is 145 Å². The minimum Gasteiger partial charge on any atom is -0.493 e. The van der Waals surface area contributed by atoms with Crippen molar-refractivity contribution >= 4 is 6.03 Å². The van der Waals surface area contributed by atoms with E-state index >= 15 is 0 Å². The number of ether oxygens (including phenoxy) is 2.